The maximum absolute atomic E-state index is 11.6. The van der Waals surface area contributed by atoms with Crippen molar-refractivity contribution in [2.45, 2.75) is 9.79 Å². The maximum atomic E-state index is 11.6. The first-order chi connectivity index (χ1) is 13.0. The van der Waals surface area contributed by atoms with Crippen LogP contribution in [0.25, 0.3) is 10.9 Å². The van der Waals surface area contributed by atoms with Gasteiger partial charge in [0.2, 0.25) is 0 Å². The van der Waals surface area contributed by atoms with E-state index >= 15 is 0 Å². The molecule has 28 heavy (non-hydrogen) atoms. The van der Waals surface area contributed by atoms with Gasteiger partial charge in [-0.05, 0) is 36.4 Å². The zero-order chi connectivity index (χ0) is 20.7. The Morgan fingerprint density at radius 1 is 0.821 bits per heavy atom. The molecule has 0 radical (unpaired) electrons. The minimum Gasteiger partial charge on any atom is -0.398 e. The molecule has 3 aromatic rings. The first-order valence-electron chi connectivity index (χ1n) is 7.42. The Kier molecular flexibility index (Phi) is 4.76. The standard InChI is InChI=1S/C15H13N5O6S2/c16-9-3-4-11(8-2-1-5-18-15(8)9)19-20-12-7-13(27(21,22)23)10(17)6-14(12)28(24,25)26/h1-7H,16-17H2,(H,21,22,23)(H,24,25,26). The van der Waals surface area contributed by atoms with E-state index in [1.165, 1.54) is 18.3 Å². The highest BCUT2D eigenvalue weighted by molar-refractivity contribution is 7.86. The molecule has 11 nitrogen and oxygen atoms in total. The minimum atomic E-state index is -4.81. The molecule has 0 saturated carbocycles. The topological polar surface area (TPSA) is 198 Å². The van der Waals surface area contributed by atoms with E-state index in [9.17, 15) is 25.9 Å². The smallest absolute Gasteiger partial charge is 0.296 e. The Morgan fingerprint density at radius 3 is 2.11 bits per heavy atom. The quantitative estimate of drug-likeness (QED) is 0.276. The Labute approximate surface area is 159 Å². The van der Waals surface area contributed by atoms with Crippen molar-refractivity contribution < 1.29 is 25.9 Å². The van der Waals surface area contributed by atoms with Crippen LogP contribution in [0.3, 0.4) is 0 Å². The summed E-state index contributed by atoms with van der Waals surface area (Å²) in [4.78, 5) is 2.56. The van der Waals surface area contributed by atoms with Gasteiger partial charge in [-0.1, -0.05) is 0 Å². The highest BCUT2D eigenvalue weighted by Gasteiger charge is 2.23. The molecule has 0 aliphatic heterocycles. The van der Waals surface area contributed by atoms with Gasteiger partial charge in [0.05, 0.1) is 22.6 Å². The third-order valence-corrected chi connectivity index (χ3v) is 5.48. The monoisotopic (exact) mass is 423 g/mol. The van der Waals surface area contributed by atoms with Gasteiger partial charge < -0.3 is 11.5 Å². The van der Waals surface area contributed by atoms with Crippen LogP contribution in [0.5, 0.6) is 0 Å². The average molecular weight is 423 g/mol. The van der Waals surface area contributed by atoms with Crippen molar-refractivity contribution >= 4 is 53.9 Å². The van der Waals surface area contributed by atoms with Gasteiger partial charge >= 0.3 is 0 Å². The summed E-state index contributed by atoms with van der Waals surface area (Å²) in [6.45, 7) is 0. The van der Waals surface area contributed by atoms with Gasteiger partial charge in [0, 0.05) is 11.6 Å². The lowest BCUT2D eigenvalue weighted by atomic mass is 10.1. The molecule has 0 unspecified atom stereocenters. The molecule has 0 fully saturated rings. The minimum absolute atomic E-state index is 0.254. The fraction of sp³-hybridized carbons (Fsp3) is 0. The summed E-state index contributed by atoms with van der Waals surface area (Å²) in [5.74, 6) is 0. The van der Waals surface area contributed by atoms with Crippen molar-refractivity contribution in [3.8, 4) is 0 Å². The first-order valence-corrected chi connectivity index (χ1v) is 10.3. The number of benzene rings is 2. The van der Waals surface area contributed by atoms with Gasteiger partial charge in [0.15, 0.2) is 0 Å². The molecule has 1 aromatic heterocycles. The number of nitrogen functional groups attached to an aromatic ring is 2. The second kappa shape index (κ2) is 6.79. The lowest BCUT2D eigenvalue weighted by Crippen LogP contribution is -2.06. The second-order valence-corrected chi connectivity index (χ2v) is 8.36. The van der Waals surface area contributed by atoms with E-state index in [1.807, 2.05) is 0 Å². The van der Waals surface area contributed by atoms with Crippen molar-refractivity contribution in [1.29, 1.82) is 0 Å². The van der Waals surface area contributed by atoms with Gasteiger partial charge in [-0.2, -0.15) is 16.8 Å². The number of hydrogen-bond donors (Lipinski definition) is 4. The third kappa shape index (κ3) is 3.77. The van der Waals surface area contributed by atoms with E-state index in [4.69, 9.17) is 11.5 Å². The van der Waals surface area contributed by atoms with Gasteiger partial charge in [0.25, 0.3) is 20.2 Å². The zero-order valence-electron chi connectivity index (χ0n) is 13.9. The van der Waals surface area contributed by atoms with Crippen LogP contribution in [0.2, 0.25) is 0 Å². The number of anilines is 2. The predicted octanol–water partition coefficient (Wildman–Crippen LogP) is 2.31. The molecular formula is C15H13N5O6S2. The summed E-state index contributed by atoms with van der Waals surface area (Å²) in [6.07, 6.45) is 1.52. The summed E-state index contributed by atoms with van der Waals surface area (Å²) in [7, 11) is -9.59. The molecule has 0 aliphatic carbocycles. The SMILES string of the molecule is Nc1cc(S(=O)(=O)O)c(N=Nc2ccc(N)c3ncccc23)cc1S(=O)(=O)O. The summed E-state index contributed by atoms with van der Waals surface area (Å²) >= 11 is 0. The molecule has 13 heteroatoms. The fourth-order valence-corrected chi connectivity index (χ4v) is 3.70. The molecule has 1 heterocycles. The van der Waals surface area contributed by atoms with Gasteiger partial charge in [0.1, 0.15) is 15.5 Å². The van der Waals surface area contributed by atoms with Crippen LogP contribution < -0.4 is 11.5 Å². The molecule has 3 rings (SSSR count). The van der Waals surface area contributed by atoms with Crippen LogP contribution in [0, 0.1) is 0 Å². The van der Waals surface area contributed by atoms with Crippen LogP contribution in [-0.4, -0.2) is 30.9 Å². The third-order valence-electron chi connectivity index (χ3n) is 3.69. The first kappa shape index (κ1) is 19.6. The maximum Gasteiger partial charge on any atom is 0.296 e. The molecule has 0 spiro atoms. The van der Waals surface area contributed by atoms with Crippen LogP contribution >= 0.6 is 0 Å². The Bertz CT molecular complexity index is 1340. The van der Waals surface area contributed by atoms with E-state index in [2.05, 4.69) is 15.2 Å². The molecule has 0 amide bonds. The van der Waals surface area contributed by atoms with Gasteiger partial charge in [-0.3, -0.25) is 14.1 Å². The molecular weight excluding hydrogens is 410 g/mol. The van der Waals surface area contributed by atoms with E-state index < -0.39 is 41.4 Å². The molecule has 6 N–H and O–H groups in total. The van der Waals surface area contributed by atoms with Crippen molar-refractivity contribution in [3.05, 3.63) is 42.6 Å². The summed E-state index contributed by atoms with van der Waals surface area (Å²) in [5, 5.41) is 8.14. The van der Waals surface area contributed by atoms with Crippen LogP contribution in [-0.2, 0) is 20.2 Å². The Morgan fingerprint density at radius 2 is 1.46 bits per heavy atom. The van der Waals surface area contributed by atoms with Crippen LogP contribution in [0.15, 0.2) is 62.6 Å². The average Bonchev–Trinajstić information content (AvgIpc) is 2.60. The second-order valence-electron chi connectivity index (χ2n) is 5.58. The van der Waals surface area contributed by atoms with Crippen molar-refractivity contribution in [3.63, 3.8) is 0 Å². The highest BCUT2D eigenvalue weighted by atomic mass is 32.2. The summed E-state index contributed by atoms with van der Waals surface area (Å²) in [6, 6.07) is 7.65. The van der Waals surface area contributed by atoms with E-state index in [1.54, 1.807) is 12.1 Å². The number of hydrogen-bond acceptors (Lipinski definition) is 9. The number of pyridine rings is 1. The summed E-state index contributed by atoms with van der Waals surface area (Å²) in [5.41, 5.74) is 11.2. The molecule has 0 aliphatic rings. The lowest BCUT2D eigenvalue weighted by Gasteiger charge is -2.08. The van der Waals surface area contributed by atoms with Crippen LogP contribution in [0.1, 0.15) is 0 Å². The number of rotatable bonds is 4. The fourth-order valence-electron chi connectivity index (χ4n) is 2.45. The van der Waals surface area contributed by atoms with Gasteiger partial charge in [-0.15, -0.1) is 10.2 Å². The molecule has 146 valence electrons. The van der Waals surface area contributed by atoms with Gasteiger partial charge in [-0.25, -0.2) is 0 Å². The normalized spacial score (nSPS) is 12.6. The number of fused-ring (bicyclic) bond motifs is 1. The highest BCUT2D eigenvalue weighted by Crippen LogP contribution is 2.35. The van der Waals surface area contributed by atoms with E-state index in [0.717, 1.165) is 0 Å². The van der Waals surface area contributed by atoms with Crippen molar-refractivity contribution in [1.82, 2.24) is 4.98 Å². The van der Waals surface area contributed by atoms with Crippen LogP contribution in [0.4, 0.5) is 22.7 Å². The lowest BCUT2D eigenvalue weighted by molar-refractivity contribution is 0.479. The van der Waals surface area contributed by atoms with E-state index in [-0.39, 0.29) is 5.69 Å². The summed E-state index contributed by atoms with van der Waals surface area (Å²) < 4.78 is 64.6. The molecule has 0 saturated heterocycles. The zero-order valence-corrected chi connectivity index (χ0v) is 15.5. The molecule has 0 bridgehead atoms. The van der Waals surface area contributed by atoms with E-state index in [0.29, 0.717) is 28.7 Å². The largest absolute Gasteiger partial charge is 0.398 e. The van der Waals surface area contributed by atoms with Crippen molar-refractivity contribution in [2.24, 2.45) is 10.2 Å². The predicted molar refractivity (Wildman–Crippen MR) is 101 cm³/mol. The molecule has 0 atom stereocenters. The number of nitrogens with zero attached hydrogens (tertiary/aromatic N) is 3. The van der Waals surface area contributed by atoms with Crippen molar-refractivity contribution in [2.75, 3.05) is 11.5 Å². The Balaban J connectivity index is 2.23. The number of azo groups is 1. The number of nitrogens with two attached hydrogens (primary N) is 2. The Hall–Kier alpha value is -3.13. The molecule has 2 aromatic carbocycles. The number of aromatic nitrogens is 1.